The number of carbonyl (C=O) groups excluding carboxylic acids is 1. The lowest BCUT2D eigenvalue weighted by Crippen LogP contribution is -2.58. The SMILES string of the molecule is Cn1ccc(CCNC(=O)C2(N)CCC2)n1. The second-order valence-corrected chi connectivity index (χ2v) is 4.50. The summed E-state index contributed by atoms with van der Waals surface area (Å²) in [5, 5.41) is 7.11. The average molecular weight is 222 g/mol. The van der Waals surface area contributed by atoms with Crippen molar-refractivity contribution >= 4 is 5.91 Å². The first-order chi connectivity index (χ1) is 7.60. The minimum Gasteiger partial charge on any atom is -0.354 e. The smallest absolute Gasteiger partial charge is 0.240 e. The van der Waals surface area contributed by atoms with Crippen LogP contribution in [0.1, 0.15) is 25.0 Å². The van der Waals surface area contributed by atoms with Crippen LogP contribution in [0.25, 0.3) is 0 Å². The Morgan fingerprint density at radius 2 is 2.44 bits per heavy atom. The van der Waals surface area contributed by atoms with Gasteiger partial charge in [-0.1, -0.05) is 0 Å². The molecule has 0 spiro atoms. The number of rotatable bonds is 4. The van der Waals surface area contributed by atoms with Gasteiger partial charge in [0.05, 0.1) is 11.2 Å². The van der Waals surface area contributed by atoms with Crippen LogP contribution in [0.15, 0.2) is 12.3 Å². The standard InChI is InChI=1S/C11H18N4O/c1-15-8-4-9(14-15)3-7-13-10(16)11(12)5-2-6-11/h4,8H,2-3,5-7,12H2,1H3,(H,13,16). The van der Waals surface area contributed by atoms with Gasteiger partial charge < -0.3 is 11.1 Å². The van der Waals surface area contributed by atoms with E-state index in [4.69, 9.17) is 5.73 Å². The Bertz CT molecular complexity index is 381. The molecular formula is C11H18N4O. The minimum atomic E-state index is -0.593. The normalized spacial score (nSPS) is 17.9. The summed E-state index contributed by atoms with van der Waals surface area (Å²) >= 11 is 0. The number of hydrogen-bond acceptors (Lipinski definition) is 3. The number of nitrogens with zero attached hydrogens (tertiary/aromatic N) is 2. The van der Waals surface area contributed by atoms with E-state index in [2.05, 4.69) is 10.4 Å². The number of aryl methyl sites for hydroxylation is 1. The second-order valence-electron chi connectivity index (χ2n) is 4.50. The predicted molar refractivity (Wildman–Crippen MR) is 60.7 cm³/mol. The van der Waals surface area contributed by atoms with Gasteiger partial charge in [0.15, 0.2) is 0 Å². The van der Waals surface area contributed by atoms with Gasteiger partial charge in [0, 0.05) is 26.2 Å². The van der Waals surface area contributed by atoms with Crippen LogP contribution >= 0.6 is 0 Å². The van der Waals surface area contributed by atoms with Crippen molar-refractivity contribution in [2.45, 2.75) is 31.2 Å². The van der Waals surface area contributed by atoms with E-state index in [1.807, 2.05) is 19.3 Å². The van der Waals surface area contributed by atoms with Crippen molar-refractivity contribution in [2.24, 2.45) is 12.8 Å². The Morgan fingerprint density at radius 1 is 1.69 bits per heavy atom. The summed E-state index contributed by atoms with van der Waals surface area (Å²) in [6, 6.07) is 1.95. The van der Waals surface area contributed by atoms with E-state index in [1.165, 1.54) is 0 Å². The molecule has 1 aliphatic rings. The number of hydrogen-bond donors (Lipinski definition) is 2. The molecule has 1 aliphatic carbocycles. The summed E-state index contributed by atoms with van der Waals surface area (Å²) in [7, 11) is 1.88. The lowest BCUT2D eigenvalue weighted by atomic mass is 9.77. The van der Waals surface area contributed by atoms with Crippen LogP contribution in [0.3, 0.4) is 0 Å². The molecule has 5 nitrogen and oxygen atoms in total. The third kappa shape index (κ3) is 2.24. The first kappa shape index (κ1) is 11.1. The van der Waals surface area contributed by atoms with E-state index < -0.39 is 5.54 Å². The summed E-state index contributed by atoms with van der Waals surface area (Å²) < 4.78 is 1.76. The zero-order chi connectivity index (χ0) is 11.6. The van der Waals surface area contributed by atoms with Gasteiger partial charge in [-0.2, -0.15) is 5.10 Å². The third-order valence-electron chi connectivity index (χ3n) is 3.13. The van der Waals surface area contributed by atoms with Gasteiger partial charge >= 0.3 is 0 Å². The highest BCUT2D eigenvalue weighted by molar-refractivity contribution is 5.86. The van der Waals surface area contributed by atoms with Crippen LogP contribution in [0.4, 0.5) is 0 Å². The van der Waals surface area contributed by atoms with E-state index in [-0.39, 0.29) is 5.91 Å². The summed E-state index contributed by atoms with van der Waals surface area (Å²) in [6.07, 6.45) is 5.32. The molecule has 1 saturated carbocycles. The molecule has 0 radical (unpaired) electrons. The Balaban J connectivity index is 1.74. The molecule has 1 aromatic heterocycles. The van der Waals surface area contributed by atoms with Crippen molar-refractivity contribution < 1.29 is 4.79 Å². The lowest BCUT2D eigenvalue weighted by molar-refractivity contribution is -0.129. The first-order valence-corrected chi connectivity index (χ1v) is 5.66. The Hall–Kier alpha value is -1.36. The second kappa shape index (κ2) is 4.25. The molecule has 1 aromatic rings. The third-order valence-corrected chi connectivity index (χ3v) is 3.13. The van der Waals surface area contributed by atoms with E-state index >= 15 is 0 Å². The number of aromatic nitrogens is 2. The molecule has 3 N–H and O–H groups in total. The van der Waals surface area contributed by atoms with E-state index in [0.717, 1.165) is 31.4 Å². The Kier molecular flexibility index (Phi) is 2.96. The predicted octanol–water partition coefficient (Wildman–Crippen LogP) is -0.0398. The van der Waals surface area contributed by atoms with Crippen molar-refractivity contribution in [1.29, 1.82) is 0 Å². The summed E-state index contributed by atoms with van der Waals surface area (Å²) in [5.41, 5.74) is 6.29. The number of nitrogens with two attached hydrogens (primary N) is 1. The summed E-state index contributed by atoms with van der Waals surface area (Å²) in [5.74, 6) is -0.0188. The van der Waals surface area contributed by atoms with Gasteiger partial charge in [-0.25, -0.2) is 0 Å². The molecule has 0 saturated heterocycles. The van der Waals surface area contributed by atoms with Crippen LogP contribution < -0.4 is 11.1 Å². The molecule has 2 rings (SSSR count). The monoisotopic (exact) mass is 222 g/mol. The van der Waals surface area contributed by atoms with Gasteiger partial charge in [0.25, 0.3) is 0 Å². The minimum absolute atomic E-state index is 0.0188. The molecule has 1 heterocycles. The molecule has 0 aromatic carbocycles. The highest BCUT2D eigenvalue weighted by atomic mass is 16.2. The van der Waals surface area contributed by atoms with Crippen molar-refractivity contribution in [1.82, 2.24) is 15.1 Å². The largest absolute Gasteiger partial charge is 0.354 e. The molecule has 1 amide bonds. The first-order valence-electron chi connectivity index (χ1n) is 5.66. The molecule has 16 heavy (non-hydrogen) atoms. The summed E-state index contributed by atoms with van der Waals surface area (Å²) in [6.45, 7) is 0.606. The molecule has 88 valence electrons. The Labute approximate surface area is 95.0 Å². The van der Waals surface area contributed by atoms with Gasteiger partial charge in [0.2, 0.25) is 5.91 Å². The maximum atomic E-state index is 11.7. The van der Waals surface area contributed by atoms with Crippen molar-refractivity contribution in [3.05, 3.63) is 18.0 Å². The maximum absolute atomic E-state index is 11.7. The van der Waals surface area contributed by atoms with Gasteiger partial charge in [-0.3, -0.25) is 9.48 Å². The lowest BCUT2D eigenvalue weighted by Gasteiger charge is -2.36. The highest BCUT2D eigenvalue weighted by Crippen LogP contribution is 2.28. The molecule has 0 unspecified atom stereocenters. The van der Waals surface area contributed by atoms with Gasteiger partial charge in [-0.05, 0) is 25.3 Å². The van der Waals surface area contributed by atoms with Crippen LogP contribution in [-0.4, -0.2) is 27.8 Å². The van der Waals surface area contributed by atoms with Crippen LogP contribution in [0, 0.1) is 0 Å². The molecule has 1 fully saturated rings. The van der Waals surface area contributed by atoms with E-state index in [1.54, 1.807) is 4.68 Å². The molecular weight excluding hydrogens is 204 g/mol. The molecule has 0 aliphatic heterocycles. The Morgan fingerprint density at radius 3 is 2.94 bits per heavy atom. The average Bonchev–Trinajstić information content (AvgIpc) is 2.60. The van der Waals surface area contributed by atoms with Gasteiger partial charge in [-0.15, -0.1) is 0 Å². The van der Waals surface area contributed by atoms with Crippen LogP contribution in [0.5, 0.6) is 0 Å². The van der Waals surface area contributed by atoms with E-state index in [9.17, 15) is 4.79 Å². The van der Waals surface area contributed by atoms with Crippen LogP contribution in [-0.2, 0) is 18.3 Å². The zero-order valence-electron chi connectivity index (χ0n) is 9.57. The zero-order valence-corrected chi connectivity index (χ0v) is 9.57. The van der Waals surface area contributed by atoms with Gasteiger partial charge in [0.1, 0.15) is 0 Å². The van der Waals surface area contributed by atoms with Crippen molar-refractivity contribution in [3.8, 4) is 0 Å². The highest BCUT2D eigenvalue weighted by Gasteiger charge is 2.39. The van der Waals surface area contributed by atoms with E-state index in [0.29, 0.717) is 6.54 Å². The van der Waals surface area contributed by atoms with Crippen molar-refractivity contribution in [3.63, 3.8) is 0 Å². The molecule has 0 atom stereocenters. The summed E-state index contributed by atoms with van der Waals surface area (Å²) in [4.78, 5) is 11.7. The number of nitrogens with one attached hydrogen (secondary N) is 1. The fourth-order valence-corrected chi connectivity index (χ4v) is 1.86. The molecule has 0 bridgehead atoms. The topological polar surface area (TPSA) is 72.9 Å². The molecule has 5 heteroatoms. The van der Waals surface area contributed by atoms with Crippen molar-refractivity contribution in [2.75, 3.05) is 6.54 Å². The number of carbonyl (C=O) groups is 1. The fourth-order valence-electron chi connectivity index (χ4n) is 1.86. The van der Waals surface area contributed by atoms with Crippen LogP contribution in [0.2, 0.25) is 0 Å². The number of amides is 1. The quantitative estimate of drug-likeness (QED) is 0.750. The maximum Gasteiger partial charge on any atom is 0.240 e. The fraction of sp³-hybridized carbons (Fsp3) is 0.636.